The van der Waals surface area contributed by atoms with Crippen LogP contribution in [-0.2, 0) is 44.8 Å². The number of carbonyl (C=O) groups is 3. The number of aromatic nitrogens is 4. The molecule has 4 aromatic carbocycles. The number of hydrogen-bond donors (Lipinski definition) is 2. The van der Waals surface area contributed by atoms with Gasteiger partial charge >= 0.3 is 23.5 Å². The van der Waals surface area contributed by atoms with Gasteiger partial charge in [-0.3, -0.25) is 9.35 Å². The summed E-state index contributed by atoms with van der Waals surface area (Å²) in [7, 11) is -5.36. The first-order valence-electron chi connectivity index (χ1n) is 19.4. The van der Waals surface area contributed by atoms with Crippen molar-refractivity contribution in [2.24, 2.45) is 0 Å². The van der Waals surface area contributed by atoms with Crippen molar-refractivity contribution in [2.45, 2.75) is 78.7 Å². The Hall–Kier alpha value is -5.20. The van der Waals surface area contributed by atoms with Crippen molar-refractivity contribution < 1.29 is 59.0 Å². The molecule has 1 atom stereocenters. The van der Waals surface area contributed by atoms with Crippen LogP contribution < -0.4 is 0 Å². The van der Waals surface area contributed by atoms with Crippen LogP contribution in [0, 0.1) is 55.4 Å². The second kappa shape index (κ2) is 18.8. The number of hydrogen-bond acceptors (Lipinski definition) is 14. The standard InChI is InChI=1S/C22H20Br2N2O4S.C22H20N2O5S.H2O4S/c1-10-11(2)13(4)19-16(12(10)3)18-20(31(19,28)29)17(25-26(18)22(27)30-5)14-6-8-15(9-7-14)21(23)24;1-11-12(2)14(4)20-17(13(11)3)19-21(30(20,27)28)18(23-24(19)22(26)29-5)16-8-6-15(10-25)7-9-16;1-4-5(2)3/h6-9,21H,1-5H3;6-10H,1-5H3;1H,(H,2,3). The van der Waals surface area contributed by atoms with Crippen molar-refractivity contribution in [3.05, 3.63) is 104 Å². The zero-order valence-corrected chi connectivity index (χ0v) is 42.5. The van der Waals surface area contributed by atoms with E-state index in [4.69, 9.17) is 23.5 Å². The zero-order valence-electron chi connectivity index (χ0n) is 36.9. The summed E-state index contributed by atoms with van der Waals surface area (Å²) in [5, 5.41) is 15.8. The molecule has 22 heteroatoms. The van der Waals surface area contributed by atoms with Crippen LogP contribution in [0.15, 0.2) is 68.1 Å². The minimum absolute atomic E-state index is 0.0158. The molecule has 2 aliphatic rings. The normalized spacial score (nSPS) is 13.9. The number of carbonyl (C=O) groups excluding carboxylic acids is 3. The van der Waals surface area contributed by atoms with Crippen LogP contribution in [0.4, 0.5) is 9.59 Å². The molecule has 0 amide bonds. The SMILES string of the molecule is COC(=O)n1nc(-c2ccc(C(Br)Br)cc2)c2c1-c1c(C)c(C)c(C)c(C)c1S2(=O)=O.COC(=O)n1nc(-c2ccc(C=O)cc2)c2c1-c1c(C)c(C)c(C)c(C)c1S2(=O)=O.O=S(O)OO. The van der Waals surface area contributed by atoms with Gasteiger partial charge < -0.3 is 9.47 Å². The van der Waals surface area contributed by atoms with E-state index >= 15 is 0 Å². The fourth-order valence-corrected chi connectivity index (χ4v) is 13.0. The Bertz CT molecular complexity index is 3270. The van der Waals surface area contributed by atoms with E-state index in [1.54, 1.807) is 50.2 Å². The van der Waals surface area contributed by atoms with E-state index in [0.29, 0.717) is 45.2 Å². The third kappa shape index (κ3) is 8.20. The molecule has 4 heterocycles. The molecule has 2 aromatic heterocycles. The van der Waals surface area contributed by atoms with Crippen LogP contribution in [-0.4, -0.2) is 83.1 Å². The van der Waals surface area contributed by atoms with Crippen molar-refractivity contribution >= 4 is 81.4 Å². The molecule has 348 valence electrons. The van der Waals surface area contributed by atoms with E-state index in [-0.39, 0.29) is 46.1 Å². The summed E-state index contributed by atoms with van der Waals surface area (Å²) < 4.78 is 86.0. The van der Waals surface area contributed by atoms with Crippen molar-refractivity contribution in [3.63, 3.8) is 0 Å². The number of rotatable bonds is 5. The fraction of sp³-hybridized carbons (Fsp3) is 0.250. The molecule has 0 saturated heterocycles. The third-order valence-electron chi connectivity index (χ3n) is 12.0. The summed E-state index contributed by atoms with van der Waals surface area (Å²) in [5.74, 6) is 0. The Kier molecular flexibility index (Phi) is 14.3. The molecule has 0 radical (unpaired) electrons. The predicted octanol–water partition coefficient (Wildman–Crippen LogP) is 9.64. The summed E-state index contributed by atoms with van der Waals surface area (Å²) >= 11 is 4.39. The lowest BCUT2D eigenvalue weighted by molar-refractivity contribution is -0.131. The van der Waals surface area contributed by atoms with Crippen molar-refractivity contribution in [1.29, 1.82) is 0 Å². The lowest BCUT2D eigenvalue weighted by atomic mass is 9.93. The topological polar surface area (TPSA) is 240 Å². The van der Waals surface area contributed by atoms with E-state index in [1.807, 2.05) is 53.7 Å². The number of fused-ring (bicyclic) bond motifs is 6. The molecule has 2 aliphatic heterocycles. The summed E-state index contributed by atoms with van der Waals surface area (Å²) in [6.07, 6.45) is -0.815. The van der Waals surface area contributed by atoms with Crippen molar-refractivity contribution in [3.8, 4) is 45.0 Å². The number of ether oxygens (including phenoxy) is 2. The number of aldehydes is 1. The van der Waals surface area contributed by atoms with Crippen LogP contribution in [0.25, 0.3) is 45.0 Å². The highest BCUT2D eigenvalue weighted by Crippen LogP contribution is 2.53. The minimum Gasteiger partial charge on any atom is -0.451 e. The quantitative estimate of drug-likeness (QED) is 0.0536. The van der Waals surface area contributed by atoms with Crippen LogP contribution in [0.2, 0.25) is 0 Å². The van der Waals surface area contributed by atoms with Crippen LogP contribution in [0.5, 0.6) is 0 Å². The first-order valence-corrected chi connectivity index (χ1v) is 25.3. The lowest BCUT2D eigenvalue weighted by Crippen LogP contribution is -2.15. The van der Waals surface area contributed by atoms with E-state index in [0.717, 1.165) is 48.3 Å². The molecule has 17 nitrogen and oxygen atoms in total. The molecule has 6 aromatic rings. The third-order valence-corrected chi connectivity index (χ3v) is 17.1. The summed E-state index contributed by atoms with van der Waals surface area (Å²) in [4.78, 5) is 36.6. The number of benzene rings is 4. The average molecular weight is 1090 g/mol. The smallest absolute Gasteiger partial charge is 0.435 e. The van der Waals surface area contributed by atoms with Crippen LogP contribution >= 0.6 is 31.9 Å². The molecule has 0 bridgehead atoms. The fourth-order valence-electron chi connectivity index (χ4n) is 8.08. The molecule has 0 spiro atoms. The van der Waals surface area contributed by atoms with Gasteiger partial charge in [0.25, 0.3) is 0 Å². The Morgan fingerprint density at radius 3 is 1.26 bits per heavy atom. The molecule has 0 saturated carbocycles. The van der Waals surface area contributed by atoms with Gasteiger partial charge in [0.05, 0.1) is 27.7 Å². The molecule has 1 unspecified atom stereocenters. The van der Waals surface area contributed by atoms with Gasteiger partial charge in [-0.25, -0.2) is 31.7 Å². The van der Waals surface area contributed by atoms with Gasteiger partial charge in [-0.05, 0) is 105 Å². The van der Waals surface area contributed by atoms with Gasteiger partial charge in [-0.15, -0.1) is 4.33 Å². The van der Waals surface area contributed by atoms with E-state index in [2.05, 4.69) is 46.4 Å². The van der Waals surface area contributed by atoms with E-state index in [1.165, 1.54) is 14.2 Å². The first-order chi connectivity index (χ1) is 30.9. The Morgan fingerprint density at radius 2 is 0.955 bits per heavy atom. The van der Waals surface area contributed by atoms with Crippen molar-refractivity contribution in [1.82, 2.24) is 19.6 Å². The van der Waals surface area contributed by atoms with Gasteiger partial charge in [0.15, 0.2) is 0 Å². The second-order valence-electron chi connectivity index (χ2n) is 15.2. The molecular formula is C44H42Br2N4O13S3. The monoisotopic (exact) mass is 1090 g/mol. The maximum Gasteiger partial charge on any atom is 0.435 e. The first kappa shape index (κ1) is 50.2. The minimum atomic E-state index is -3.93. The highest BCUT2D eigenvalue weighted by molar-refractivity contribution is 9.24. The Balaban J connectivity index is 0.000000198. The molecule has 66 heavy (non-hydrogen) atoms. The number of alkyl halides is 2. The predicted molar refractivity (Wildman–Crippen MR) is 251 cm³/mol. The van der Waals surface area contributed by atoms with Gasteiger partial charge in [-0.1, -0.05) is 80.4 Å². The maximum absolute atomic E-state index is 13.8. The Labute approximate surface area is 399 Å². The number of methoxy groups -OCH3 is 2. The lowest BCUT2D eigenvalue weighted by Gasteiger charge is -2.16. The molecule has 2 N–H and O–H groups in total. The van der Waals surface area contributed by atoms with Crippen LogP contribution in [0.1, 0.15) is 64.2 Å². The van der Waals surface area contributed by atoms with Gasteiger partial charge in [-0.2, -0.15) is 23.8 Å². The average Bonchev–Trinajstić information content (AvgIpc) is 4.02. The van der Waals surface area contributed by atoms with Crippen LogP contribution in [0.3, 0.4) is 0 Å². The molecular weight excluding hydrogens is 1050 g/mol. The highest BCUT2D eigenvalue weighted by Gasteiger charge is 2.46. The summed E-state index contributed by atoms with van der Waals surface area (Å²) in [6, 6.07) is 13.7. The van der Waals surface area contributed by atoms with E-state index < -0.39 is 43.2 Å². The van der Waals surface area contributed by atoms with Gasteiger partial charge in [0, 0.05) is 27.8 Å². The second-order valence-corrected chi connectivity index (χ2v) is 22.5. The molecule has 0 aliphatic carbocycles. The van der Waals surface area contributed by atoms with E-state index in [9.17, 15) is 31.2 Å². The molecule has 8 rings (SSSR count). The van der Waals surface area contributed by atoms with Gasteiger partial charge in [0.1, 0.15) is 38.9 Å². The Morgan fingerprint density at radius 1 is 0.621 bits per heavy atom. The summed E-state index contributed by atoms with van der Waals surface area (Å²) in [6.45, 7) is 15.0. The van der Waals surface area contributed by atoms with Crippen molar-refractivity contribution in [2.75, 3.05) is 14.2 Å². The highest BCUT2D eigenvalue weighted by atomic mass is 79.9. The summed E-state index contributed by atoms with van der Waals surface area (Å²) in [5.41, 5.74) is 11.1. The zero-order chi connectivity index (χ0) is 49.1. The maximum atomic E-state index is 13.8. The number of nitrogens with zero attached hydrogens (tertiary/aromatic N) is 4. The largest absolute Gasteiger partial charge is 0.451 e. The molecule has 0 fully saturated rings. The van der Waals surface area contributed by atoms with Gasteiger partial charge in [0.2, 0.25) is 19.7 Å². The number of sulfone groups is 2. The number of halogens is 2.